The molecule has 1 aromatic carbocycles. The molecule has 0 fully saturated rings. The van der Waals surface area contributed by atoms with Crippen molar-refractivity contribution in [1.82, 2.24) is 10.4 Å². The van der Waals surface area contributed by atoms with Crippen molar-refractivity contribution in [2.24, 2.45) is 5.84 Å². The molecule has 3 N–H and O–H groups in total. The van der Waals surface area contributed by atoms with Gasteiger partial charge in [-0.05, 0) is 51.3 Å². The van der Waals surface area contributed by atoms with Crippen molar-refractivity contribution in [3.63, 3.8) is 0 Å². The van der Waals surface area contributed by atoms with Crippen LogP contribution < -0.4 is 11.3 Å². The molecule has 0 aliphatic heterocycles. The largest absolute Gasteiger partial charge is 0.271 e. The molecule has 0 saturated carbocycles. The zero-order valence-corrected chi connectivity index (χ0v) is 11.5. The van der Waals surface area contributed by atoms with Crippen molar-refractivity contribution in [3.8, 4) is 0 Å². The summed E-state index contributed by atoms with van der Waals surface area (Å²) in [7, 11) is 0. The van der Waals surface area contributed by atoms with Gasteiger partial charge >= 0.3 is 0 Å². The Labute approximate surface area is 117 Å². The number of rotatable bonds is 3. The lowest BCUT2D eigenvalue weighted by molar-refractivity contribution is 0.604. The first-order valence-corrected chi connectivity index (χ1v) is 6.30. The molecule has 0 radical (unpaired) electrons. The summed E-state index contributed by atoms with van der Waals surface area (Å²) < 4.78 is 14.1. The van der Waals surface area contributed by atoms with Crippen LogP contribution in [0.15, 0.2) is 41.1 Å². The Morgan fingerprint density at radius 1 is 1.33 bits per heavy atom. The summed E-state index contributed by atoms with van der Waals surface area (Å²) in [6.07, 6.45) is 3.31. The Balaban J connectivity index is 2.48. The minimum absolute atomic E-state index is 0.363. The molecule has 0 amide bonds. The first kappa shape index (κ1) is 13.4. The average Bonchev–Trinajstić information content (AvgIpc) is 2.35. The van der Waals surface area contributed by atoms with Crippen LogP contribution in [0.3, 0.4) is 0 Å². The van der Waals surface area contributed by atoms with Crippen LogP contribution in [0, 0.1) is 5.82 Å². The van der Waals surface area contributed by atoms with Crippen LogP contribution in [-0.4, -0.2) is 4.98 Å². The first-order chi connectivity index (χ1) is 8.61. The summed E-state index contributed by atoms with van der Waals surface area (Å²) in [6, 6.07) is 5.59. The number of halogens is 3. The lowest BCUT2D eigenvalue weighted by atomic mass is 10.0. The normalized spacial score (nSPS) is 12.4. The molecule has 0 bridgehead atoms. The molecule has 0 aliphatic rings. The fraction of sp³-hybridized carbons (Fsp3) is 0.0833. The lowest BCUT2D eigenvalue weighted by Crippen LogP contribution is -2.29. The van der Waals surface area contributed by atoms with Gasteiger partial charge in [0.2, 0.25) is 0 Å². The Bertz CT molecular complexity index is 565. The van der Waals surface area contributed by atoms with Gasteiger partial charge in [-0.2, -0.15) is 0 Å². The topological polar surface area (TPSA) is 50.9 Å². The highest BCUT2D eigenvalue weighted by Gasteiger charge is 2.17. The number of nitrogens with one attached hydrogen (secondary N) is 1. The third-order valence-electron chi connectivity index (χ3n) is 2.50. The van der Waals surface area contributed by atoms with E-state index in [4.69, 9.17) is 17.4 Å². The molecule has 3 nitrogen and oxygen atoms in total. The molecule has 94 valence electrons. The molecule has 0 spiro atoms. The van der Waals surface area contributed by atoms with Gasteiger partial charge in [0.15, 0.2) is 0 Å². The van der Waals surface area contributed by atoms with E-state index in [9.17, 15) is 4.39 Å². The zero-order valence-electron chi connectivity index (χ0n) is 9.20. The Kier molecular flexibility index (Phi) is 4.29. The predicted molar refractivity (Wildman–Crippen MR) is 72.5 cm³/mol. The van der Waals surface area contributed by atoms with Crippen molar-refractivity contribution < 1.29 is 4.39 Å². The fourth-order valence-electron chi connectivity index (χ4n) is 1.69. The van der Waals surface area contributed by atoms with E-state index in [1.54, 1.807) is 12.4 Å². The maximum atomic E-state index is 13.3. The number of benzene rings is 1. The number of hydrogen-bond acceptors (Lipinski definition) is 3. The van der Waals surface area contributed by atoms with Crippen LogP contribution in [0.2, 0.25) is 5.02 Å². The van der Waals surface area contributed by atoms with E-state index in [1.165, 1.54) is 18.2 Å². The van der Waals surface area contributed by atoms with Gasteiger partial charge in [-0.25, -0.2) is 9.82 Å². The Morgan fingerprint density at radius 3 is 2.78 bits per heavy atom. The van der Waals surface area contributed by atoms with Crippen LogP contribution in [0.4, 0.5) is 4.39 Å². The molecule has 2 rings (SSSR count). The van der Waals surface area contributed by atoms with Crippen molar-refractivity contribution in [1.29, 1.82) is 0 Å². The number of nitrogens with two attached hydrogens (primary N) is 1. The summed E-state index contributed by atoms with van der Waals surface area (Å²) in [4.78, 5) is 4.05. The first-order valence-electron chi connectivity index (χ1n) is 5.13. The third-order valence-corrected chi connectivity index (χ3v) is 3.27. The van der Waals surface area contributed by atoms with E-state index in [0.717, 1.165) is 10.0 Å². The number of nitrogens with zero attached hydrogens (tertiary/aromatic N) is 1. The molecule has 1 atom stereocenters. The van der Waals surface area contributed by atoms with E-state index >= 15 is 0 Å². The molecular formula is C12H10BrClFN3. The number of aromatic nitrogens is 1. The molecule has 1 heterocycles. The van der Waals surface area contributed by atoms with E-state index in [-0.39, 0.29) is 5.82 Å². The molecule has 1 aromatic heterocycles. The van der Waals surface area contributed by atoms with E-state index in [2.05, 4.69) is 26.3 Å². The van der Waals surface area contributed by atoms with Crippen LogP contribution in [0.5, 0.6) is 0 Å². The fourth-order valence-corrected chi connectivity index (χ4v) is 2.30. The molecule has 0 saturated heterocycles. The van der Waals surface area contributed by atoms with Gasteiger partial charge in [0, 0.05) is 21.9 Å². The monoisotopic (exact) mass is 329 g/mol. The number of pyridine rings is 1. The summed E-state index contributed by atoms with van der Waals surface area (Å²) in [5, 5.41) is 0.444. The standard InChI is InChI=1S/C12H10BrClFN3/c13-8-3-7(5-17-6-8)12(18-16)10-4-9(15)1-2-11(10)14/h1-6,12,18H,16H2. The van der Waals surface area contributed by atoms with Crippen LogP contribution in [0.1, 0.15) is 17.2 Å². The van der Waals surface area contributed by atoms with Crippen molar-refractivity contribution in [2.75, 3.05) is 0 Å². The Morgan fingerprint density at radius 2 is 2.11 bits per heavy atom. The van der Waals surface area contributed by atoms with Crippen molar-refractivity contribution >= 4 is 27.5 Å². The summed E-state index contributed by atoms with van der Waals surface area (Å²) >= 11 is 9.39. The van der Waals surface area contributed by atoms with Gasteiger partial charge in [-0.15, -0.1) is 0 Å². The number of hydrogen-bond donors (Lipinski definition) is 2. The highest BCUT2D eigenvalue weighted by atomic mass is 79.9. The third kappa shape index (κ3) is 2.87. The van der Waals surface area contributed by atoms with Crippen LogP contribution in [0.25, 0.3) is 0 Å². The van der Waals surface area contributed by atoms with Crippen molar-refractivity contribution in [3.05, 3.63) is 63.1 Å². The summed E-state index contributed by atoms with van der Waals surface area (Å²) in [5.74, 6) is 5.17. The van der Waals surface area contributed by atoms with E-state index < -0.39 is 6.04 Å². The van der Waals surface area contributed by atoms with Gasteiger partial charge in [-0.3, -0.25) is 10.8 Å². The summed E-state index contributed by atoms with van der Waals surface area (Å²) in [5.41, 5.74) is 3.98. The van der Waals surface area contributed by atoms with Gasteiger partial charge in [-0.1, -0.05) is 11.6 Å². The molecular weight excluding hydrogens is 321 g/mol. The molecule has 1 unspecified atom stereocenters. The van der Waals surface area contributed by atoms with E-state index in [1.807, 2.05) is 6.07 Å². The maximum Gasteiger partial charge on any atom is 0.123 e. The molecule has 6 heteroatoms. The predicted octanol–water partition coefficient (Wildman–Crippen LogP) is 3.19. The smallest absolute Gasteiger partial charge is 0.123 e. The van der Waals surface area contributed by atoms with Crippen molar-refractivity contribution in [2.45, 2.75) is 6.04 Å². The van der Waals surface area contributed by atoms with Gasteiger partial charge in [0.05, 0.1) is 6.04 Å². The molecule has 2 aromatic rings. The highest BCUT2D eigenvalue weighted by molar-refractivity contribution is 9.10. The van der Waals surface area contributed by atoms with Gasteiger partial charge < -0.3 is 0 Å². The minimum Gasteiger partial charge on any atom is -0.271 e. The van der Waals surface area contributed by atoms with Gasteiger partial charge in [0.25, 0.3) is 0 Å². The SMILES string of the molecule is NNC(c1cncc(Br)c1)c1cc(F)ccc1Cl. The second-order valence-corrected chi connectivity index (χ2v) is 5.02. The molecule has 0 aliphatic carbocycles. The minimum atomic E-state index is -0.418. The Hall–Kier alpha value is -1.01. The molecule has 18 heavy (non-hydrogen) atoms. The second kappa shape index (κ2) is 5.75. The van der Waals surface area contributed by atoms with Gasteiger partial charge in [0.1, 0.15) is 5.82 Å². The summed E-state index contributed by atoms with van der Waals surface area (Å²) in [6.45, 7) is 0. The maximum absolute atomic E-state index is 13.3. The average molecular weight is 331 g/mol. The van der Waals surface area contributed by atoms with E-state index in [0.29, 0.717) is 10.6 Å². The quantitative estimate of drug-likeness (QED) is 0.671. The number of hydrazine groups is 1. The zero-order chi connectivity index (χ0) is 13.1. The van der Waals surface area contributed by atoms with Crippen LogP contribution in [-0.2, 0) is 0 Å². The second-order valence-electron chi connectivity index (χ2n) is 3.70. The van der Waals surface area contributed by atoms with Crippen LogP contribution >= 0.6 is 27.5 Å². The highest BCUT2D eigenvalue weighted by Crippen LogP contribution is 2.29. The lowest BCUT2D eigenvalue weighted by Gasteiger charge is -2.18.